The highest BCUT2D eigenvalue weighted by atomic mass is 16.4. The van der Waals surface area contributed by atoms with Crippen molar-refractivity contribution in [2.75, 3.05) is 5.32 Å². The van der Waals surface area contributed by atoms with Crippen molar-refractivity contribution in [3.8, 4) is 17.4 Å². The number of anilines is 2. The molecule has 0 aliphatic heterocycles. The molecule has 0 bridgehead atoms. The Hall–Kier alpha value is -3.10. The van der Waals surface area contributed by atoms with Gasteiger partial charge in [0.15, 0.2) is 5.76 Å². The van der Waals surface area contributed by atoms with Gasteiger partial charge in [0, 0.05) is 17.7 Å². The number of hydrogen-bond donors (Lipinski definition) is 2. The number of aliphatic hydroxyl groups is 1. The Morgan fingerprint density at radius 3 is 2.81 bits per heavy atom. The molecule has 130 valence electrons. The van der Waals surface area contributed by atoms with Gasteiger partial charge in [0.05, 0.1) is 23.4 Å². The van der Waals surface area contributed by atoms with Gasteiger partial charge in [0.25, 0.3) is 6.01 Å². The molecule has 0 saturated heterocycles. The molecule has 26 heavy (non-hydrogen) atoms. The Balaban J connectivity index is 1.63. The van der Waals surface area contributed by atoms with E-state index >= 15 is 0 Å². The molecular weight excluding hydrogens is 326 g/mol. The molecule has 5 heteroatoms. The maximum atomic E-state index is 10.00. The molecule has 1 aromatic heterocycles. The van der Waals surface area contributed by atoms with Crippen LogP contribution in [0, 0.1) is 18.3 Å². The van der Waals surface area contributed by atoms with Crippen LogP contribution in [0.4, 0.5) is 11.7 Å². The van der Waals surface area contributed by atoms with Crippen molar-refractivity contribution in [3.63, 3.8) is 0 Å². The average Bonchev–Trinajstić information content (AvgIpc) is 3.02. The van der Waals surface area contributed by atoms with Crippen LogP contribution in [-0.2, 0) is 12.8 Å². The normalized spacial score (nSPS) is 16.0. The fourth-order valence-corrected chi connectivity index (χ4v) is 3.42. The largest absolute Gasteiger partial charge is 0.423 e. The number of aryl methyl sites for hydroxylation is 2. The standard InChI is InChI=1S/C21H19N3O2/c1-13-20(16-7-5-14(12-22)6-8-16)26-21(23-13)24-19-4-2-3-15-9-10-17(25)11-18(15)19/h2-8,17,25H,9-11H2,1H3,(H,23,24). The second kappa shape index (κ2) is 6.66. The number of aliphatic hydroxyl groups excluding tert-OH is 1. The van der Waals surface area contributed by atoms with Crippen molar-refractivity contribution in [3.05, 3.63) is 64.8 Å². The van der Waals surface area contributed by atoms with E-state index in [-0.39, 0.29) is 6.10 Å². The average molecular weight is 345 g/mol. The van der Waals surface area contributed by atoms with Crippen LogP contribution in [0.3, 0.4) is 0 Å². The predicted molar refractivity (Wildman–Crippen MR) is 99.1 cm³/mol. The number of benzene rings is 2. The summed E-state index contributed by atoms with van der Waals surface area (Å²) in [6, 6.07) is 15.9. The number of nitrogens with one attached hydrogen (secondary N) is 1. The van der Waals surface area contributed by atoms with Gasteiger partial charge in [-0.2, -0.15) is 10.2 Å². The summed E-state index contributed by atoms with van der Waals surface area (Å²) in [5, 5.41) is 22.2. The van der Waals surface area contributed by atoms with Gasteiger partial charge in [-0.3, -0.25) is 0 Å². The van der Waals surface area contributed by atoms with E-state index in [1.807, 2.05) is 31.2 Å². The second-order valence-corrected chi connectivity index (χ2v) is 6.59. The summed E-state index contributed by atoms with van der Waals surface area (Å²) < 4.78 is 5.93. The van der Waals surface area contributed by atoms with Gasteiger partial charge in [0.2, 0.25) is 0 Å². The molecule has 2 N–H and O–H groups in total. The molecule has 1 atom stereocenters. The lowest BCUT2D eigenvalue weighted by molar-refractivity contribution is 0.159. The van der Waals surface area contributed by atoms with Crippen molar-refractivity contribution >= 4 is 11.7 Å². The summed E-state index contributed by atoms with van der Waals surface area (Å²) >= 11 is 0. The number of fused-ring (bicyclic) bond motifs is 1. The first-order valence-corrected chi connectivity index (χ1v) is 8.68. The van der Waals surface area contributed by atoms with Crippen molar-refractivity contribution in [1.29, 1.82) is 5.26 Å². The minimum Gasteiger partial charge on any atom is -0.423 e. The molecule has 0 saturated carbocycles. The molecule has 0 spiro atoms. The Labute approximate surface area is 151 Å². The SMILES string of the molecule is Cc1nc(Nc2cccc3c2CC(O)CC3)oc1-c1ccc(C#N)cc1. The molecule has 3 aromatic rings. The molecule has 4 rings (SSSR count). The van der Waals surface area contributed by atoms with E-state index in [1.54, 1.807) is 12.1 Å². The van der Waals surface area contributed by atoms with Crippen LogP contribution >= 0.6 is 0 Å². The van der Waals surface area contributed by atoms with Gasteiger partial charge in [-0.15, -0.1) is 0 Å². The molecule has 0 radical (unpaired) electrons. The van der Waals surface area contributed by atoms with Crippen LogP contribution in [0.1, 0.15) is 28.8 Å². The molecule has 1 unspecified atom stereocenters. The van der Waals surface area contributed by atoms with E-state index in [0.29, 0.717) is 23.8 Å². The highest BCUT2D eigenvalue weighted by Crippen LogP contribution is 2.32. The Kier molecular flexibility index (Phi) is 4.19. The van der Waals surface area contributed by atoms with Gasteiger partial charge in [-0.25, -0.2) is 0 Å². The van der Waals surface area contributed by atoms with E-state index in [2.05, 4.69) is 22.4 Å². The lowest BCUT2D eigenvalue weighted by Crippen LogP contribution is -2.19. The zero-order valence-corrected chi connectivity index (χ0v) is 14.5. The van der Waals surface area contributed by atoms with Crippen molar-refractivity contribution < 1.29 is 9.52 Å². The summed E-state index contributed by atoms with van der Waals surface area (Å²) in [7, 11) is 0. The smallest absolute Gasteiger partial charge is 0.299 e. The fourth-order valence-electron chi connectivity index (χ4n) is 3.42. The molecule has 5 nitrogen and oxygen atoms in total. The van der Waals surface area contributed by atoms with Crippen LogP contribution in [0.25, 0.3) is 11.3 Å². The maximum Gasteiger partial charge on any atom is 0.299 e. The minimum absolute atomic E-state index is 0.300. The highest BCUT2D eigenvalue weighted by Gasteiger charge is 2.20. The van der Waals surface area contributed by atoms with Gasteiger partial charge >= 0.3 is 0 Å². The fraction of sp³-hybridized carbons (Fsp3) is 0.238. The quantitative estimate of drug-likeness (QED) is 0.746. The van der Waals surface area contributed by atoms with Crippen LogP contribution in [0.5, 0.6) is 0 Å². The van der Waals surface area contributed by atoms with Crippen LogP contribution in [0.2, 0.25) is 0 Å². The lowest BCUT2D eigenvalue weighted by Gasteiger charge is -2.23. The van der Waals surface area contributed by atoms with E-state index < -0.39 is 0 Å². The van der Waals surface area contributed by atoms with E-state index in [9.17, 15) is 5.11 Å². The van der Waals surface area contributed by atoms with E-state index in [0.717, 1.165) is 35.3 Å². The number of hydrogen-bond acceptors (Lipinski definition) is 5. The summed E-state index contributed by atoms with van der Waals surface area (Å²) in [6.45, 7) is 1.90. The van der Waals surface area contributed by atoms with Crippen LogP contribution in [0.15, 0.2) is 46.9 Å². The first-order valence-electron chi connectivity index (χ1n) is 8.68. The number of oxazole rings is 1. The third kappa shape index (κ3) is 3.07. The van der Waals surface area contributed by atoms with E-state index in [1.165, 1.54) is 5.56 Å². The minimum atomic E-state index is -0.300. The summed E-state index contributed by atoms with van der Waals surface area (Å²) in [5.74, 6) is 0.682. The maximum absolute atomic E-state index is 10.00. The van der Waals surface area contributed by atoms with Crippen LogP contribution < -0.4 is 5.32 Å². The summed E-state index contributed by atoms with van der Waals surface area (Å²) in [5.41, 5.74) is 5.58. The molecule has 1 aliphatic rings. The molecule has 0 fully saturated rings. The van der Waals surface area contributed by atoms with Crippen molar-refractivity contribution in [2.45, 2.75) is 32.3 Å². The lowest BCUT2D eigenvalue weighted by atomic mass is 9.88. The van der Waals surface area contributed by atoms with Gasteiger partial charge < -0.3 is 14.8 Å². The molecule has 2 aromatic carbocycles. The number of nitriles is 1. The Bertz CT molecular complexity index is 983. The van der Waals surface area contributed by atoms with Crippen LogP contribution in [-0.4, -0.2) is 16.2 Å². The summed E-state index contributed by atoms with van der Waals surface area (Å²) in [4.78, 5) is 4.49. The van der Waals surface area contributed by atoms with Gasteiger partial charge in [-0.05, 0) is 61.2 Å². The number of aromatic nitrogens is 1. The van der Waals surface area contributed by atoms with Crippen molar-refractivity contribution in [2.24, 2.45) is 0 Å². The zero-order valence-electron chi connectivity index (χ0n) is 14.5. The predicted octanol–water partition coefficient (Wildman–Crippen LogP) is 4.11. The molecule has 0 amide bonds. The monoisotopic (exact) mass is 345 g/mol. The molecular formula is C21H19N3O2. The Morgan fingerprint density at radius 2 is 2.04 bits per heavy atom. The Morgan fingerprint density at radius 1 is 1.23 bits per heavy atom. The van der Waals surface area contributed by atoms with Crippen molar-refractivity contribution in [1.82, 2.24) is 4.98 Å². The molecule has 1 heterocycles. The third-order valence-electron chi connectivity index (χ3n) is 4.77. The highest BCUT2D eigenvalue weighted by molar-refractivity contribution is 5.65. The molecule has 1 aliphatic carbocycles. The first kappa shape index (κ1) is 16.4. The van der Waals surface area contributed by atoms with Gasteiger partial charge in [0.1, 0.15) is 0 Å². The first-order chi connectivity index (χ1) is 12.6. The summed E-state index contributed by atoms with van der Waals surface area (Å²) in [6.07, 6.45) is 2.02. The number of nitrogens with zero attached hydrogens (tertiary/aromatic N) is 2. The zero-order chi connectivity index (χ0) is 18.1. The van der Waals surface area contributed by atoms with Gasteiger partial charge in [-0.1, -0.05) is 12.1 Å². The van der Waals surface area contributed by atoms with E-state index in [4.69, 9.17) is 9.68 Å². The third-order valence-corrected chi connectivity index (χ3v) is 4.77. The topological polar surface area (TPSA) is 82.1 Å². The second-order valence-electron chi connectivity index (χ2n) is 6.59. The number of rotatable bonds is 3.